The van der Waals surface area contributed by atoms with Crippen LogP contribution in [0, 0.1) is 18.8 Å². The Bertz CT molecular complexity index is 551. The summed E-state index contributed by atoms with van der Waals surface area (Å²) in [5.41, 5.74) is 0.921. The molecule has 122 valence electrons. The number of likely N-dealkylation sites (tertiary alicyclic amines) is 1. The Balaban J connectivity index is 1.85. The van der Waals surface area contributed by atoms with E-state index < -0.39 is 0 Å². The SMILES string of the molecule is Cc1nc(C(C)C)sc1C(=O)N1CC[C@H](C)[C@@H]2CCCC[C@H]21. The standard InChI is InChI=1S/C18H28N2OS/c1-11(2)17-19-13(4)16(22-17)18(21)20-10-9-12(3)14-7-5-6-8-15(14)20/h11-12,14-15H,5-10H2,1-4H3/t12-,14-,15+/m0/s1. The maximum Gasteiger partial charge on any atom is 0.266 e. The molecule has 1 saturated carbocycles. The lowest BCUT2D eigenvalue weighted by atomic mass is 9.72. The predicted octanol–water partition coefficient (Wildman–Crippen LogP) is 4.62. The molecule has 3 atom stereocenters. The molecule has 1 aliphatic heterocycles. The van der Waals surface area contributed by atoms with Crippen molar-refractivity contribution in [2.24, 2.45) is 11.8 Å². The number of nitrogens with zero attached hydrogens (tertiary/aromatic N) is 2. The summed E-state index contributed by atoms with van der Waals surface area (Å²) in [4.78, 5) is 20.8. The van der Waals surface area contributed by atoms with E-state index in [0.29, 0.717) is 17.9 Å². The molecule has 0 bridgehead atoms. The second-order valence-electron chi connectivity index (χ2n) is 7.40. The van der Waals surface area contributed by atoms with Gasteiger partial charge in [0.25, 0.3) is 5.91 Å². The topological polar surface area (TPSA) is 33.2 Å². The van der Waals surface area contributed by atoms with Crippen molar-refractivity contribution in [1.82, 2.24) is 9.88 Å². The Morgan fingerprint density at radius 2 is 2.00 bits per heavy atom. The fraction of sp³-hybridized carbons (Fsp3) is 0.778. The lowest BCUT2D eigenvalue weighted by Gasteiger charge is -2.47. The maximum absolute atomic E-state index is 13.1. The molecule has 1 aromatic heterocycles. The van der Waals surface area contributed by atoms with Crippen LogP contribution in [-0.2, 0) is 0 Å². The first-order valence-corrected chi connectivity index (χ1v) is 9.59. The second-order valence-corrected chi connectivity index (χ2v) is 8.43. The maximum atomic E-state index is 13.1. The van der Waals surface area contributed by atoms with Gasteiger partial charge < -0.3 is 4.90 Å². The zero-order chi connectivity index (χ0) is 15.9. The highest BCUT2D eigenvalue weighted by atomic mass is 32.1. The summed E-state index contributed by atoms with van der Waals surface area (Å²) in [6.45, 7) is 9.58. The Kier molecular flexibility index (Phi) is 4.58. The summed E-state index contributed by atoms with van der Waals surface area (Å²) in [6.07, 6.45) is 6.26. The van der Waals surface area contributed by atoms with Gasteiger partial charge in [-0.3, -0.25) is 4.79 Å². The van der Waals surface area contributed by atoms with Crippen molar-refractivity contribution in [1.29, 1.82) is 0 Å². The monoisotopic (exact) mass is 320 g/mol. The molecule has 2 aliphatic rings. The van der Waals surface area contributed by atoms with Gasteiger partial charge in [-0.15, -0.1) is 11.3 Å². The van der Waals surface area contributed by atoms with Gasteiger partial charge in [0.2, 0.25) is 0 Å². The number of piperidine rings is 1. The van der Waals surface area contributed by atoms with Gasteiger partial charge in [0, 0.05) is 18.5 Å². The third kappa shape index (κ3) is 2.82. The first-order chi connectivity index (χ1) is 10.5. The van der Waals surface area contributed by atoms with E-state index in [1.54, 1.807) is 11.3 Å². The Morgan fingerprint density at radius 1 is 1.27 bits per heavy atom. The number of hydrogen-bond acceptors (Lipinski definition) is 3. The highest BCUT2D eigenvalue weighted by molar-refractivity contribution is 7.13. The minimum absolute atomic E-state index is 0.241. The van der Waals surface area contributed by atoms with Gasteiger partial charge in [-0.2, -0.15) is 0 Å². The molecule has 4 heteroatoms. The van der Waals surface area contributed by atoms with Crippen LogP contribution in [0.25, 0.3) is 0 Å². The van der Waals surface area contributed by atoms with E-state index in [1.807, 2.05) is 6.92 Å². The van der Waals surface area contributed by atoms with Crippen LogP contribution in [0.1, 0.15) is 79.2 Å². The normalized spacial score (nSPS) is 28.8. The van der Waals surface area contributed by atoms with E-state index in [1.165, 1.54) is 25.7 Å². The number of hydrogen-bond donors (Lipinski definition) is 0. The third-order valence-electron chi connectivity index (χ3n) is 5.50. The molecule has 1 aliphatic carbocycles. The van der Waals surface area contributed by atoms with Crippen molar-refractivity contribution in [2.75, 3.05) is 6.54 Å². The lowest BCUT2D eigenvalue weighted by Crippen LogP contribution is -2.52. The molecule has 22 heavy (non-hydrogen) atoms. The van der Waals surface area contributed by atoms with E-state index in [2.05, 4.69) is 30.7 Å². The summed E-state index contributed by atoms with van der Waals surface area (Å²) in [5.74, 6) is 2.12. The minimum Gasteiger partial charge on any atom is -0.335 e. The van der Waals surface area contributed by atoms with Gasteiger partial charge in [-0.25, -0.2) is 4.98 Å². The molecular weight excluding hydrogens is 292 g/mol. The van der Waals surface area contributed by atoms with Gasteiger partial charge in [0.15, 0.2) is 0 Å². The molecule has 0 N–H and O–H groups in total. The Morgan fingerprint density at radius 3 is 2.68 bits per heavy atom. The Hall–Kier alpha value is -0.900. The number of amides is 1. The van der Waals surface area contributed by atoms with Crippen molar-refractivity contribution < 1.29 is 4.79 Å². The summed E-state index contributed by atoms with van der Waals surface area (Å²) in [5, 5.41) is 1.09. The van der Waals surface area contributed by atoms with Crippen LogP contribution in [0.2, 0.25) is 0 Å². The molecule has 2 heterocycles. The van der Waals surface area contributed by atoms with E-state index >= 15 is 0 Å². The van der Waals surface area contributed by atoms with Crippen molar-refractivity contribution in [3.63, 3.8) is 0 Å². The van der Waals surface area contributed by atoms with Crippen molar-refractivity contribution in [2.45, 2.75) is 71.8 Å². The first kappa shape index (κ1) is 16.0. The predicted molar refractivity (Wildman–Crippen MR) is 91.5 cm³/mol. The third-order valence-corrected chi connectivity index (χ3v) is 6.95. The zero-order valence-electron chi connectivity index (χ0n) is 14.3. The summed E-state index contributed by atoms with van der Waals surface area (Å²) < 4.78 is 0. The summed E-state index contributed by atoms with van der Waals surface area (Å²) in [6, 6.07) is 0.467. The molecule has 1 saturated heterocycles. The molecule has 1 amide bonds. The van der Waals surface area contributed by atoms with Crippen LogP contribution in [0.5, 0.6) is 0 Å². The fourth-order valence-electron chi connectivity index (χ4n) is 4.16. The van der Waals surface area contributed by atoms with Crippen molar-refractivity contribution in [3.8, 4) is 0 Å². The number of thiazole rings is 1. The van der Waals surface area contributed by atoms with Gasteiger partial charge in [0.1, 0.15) is 4.88 Å². The van der Waals surface area contributed by atoms with Crippen LogP contribution in [-0.4, -0.2) is 28.4 Å². The summed E-state index contributed by atoms with van der Waals surface area (Å²) in [7, 11) is 0. The smallest absolute Gasteiger partial charge is 0.266 e. The number of carbonyl (C=O) groups excluding carboxylic acids is 1. The van der Waals surface area contributed by atoms with Gasteiger partial charge in [-0.05, 0) is 38.0 Å². The van der Waals surface area contributed by atoms with Gasteiger partial charge in [-0.1, -0.05) is 33.6 Å². The second kappa shape index (κ2) is 6.31. The minimum atomic E-state index is 0.241. The quantitative estimate of drug-likeness (QED) is 0.797. The van der Waals surface area contributed by atoms with Crippen LogP contribution >= 0.6 is 11.3 Å². The molecule has 2 fully saturated rings. The van der Waals surface area contributed by atoms with E-state index in [9.17, 15) is 4.79 Å². The van der Waals surface area contributed by atoms with Crippen LogP contribution in [0.4, 0.5) is 0 Å². The van der Waals surface area contributed by atoms with Crippen LogP contribution in [0.3, 0.4) is 0 Å². The number of fused-ring (bicyclic) bond motifs is 1. The zero-order valence-corrected chi connectivity index (χ0v) is 15.1. The molecule has 3 nitrogen and oxygen atoms in total. The molecule has 0 spiro atoms. The molecular formula is C18H28N2OS. The van der Waals surface area contributed by atoms with E-state index in [0.717, 1.165) is 34.5 Å². The van der Waals surface area contributed by atoms with Crippen molar-refractivity contribution in [3.05, 3.63) is 15.6 Å². The van der Waals surface area contributed by atoms with Crippen molar-refractivity contribution >= 4 is 17.2 Å². The first-order valence-electron chi connectivity index (χ1n) is 8.77. The molecule has 3 rings (SSSR count). The highest BCUT2D eigenvalue weighted by Gasteiger charge is 2.40. The average Bonchev–Trinajstić information content (AvgIpc) is 2.90. The fourth-order valence-corrected chi connectivity index (χ4v) is 5.18. The number of rotatable bonds is 2. The van der Waals surface area contributed by atoms with Crippen LogP contribution in [0.15, 0.2) is 0 Å². The van der Waals surface area contributed by atoms with Gasteiger partial charge >= 0.3 is 0 Å². The molecule has 1 aromatic rings. The number of carbonyl (C=O) groups is 1. The largest absolute Gasteiger partial charge is 0.335 e. The van der Waals surface area contributed by atoms with E-state index in [4.69, 9.17) is 0 Å². The highest BCUT2D eigenvalue weighted by Crippen LogP contribution is 2.40. The number of aryl methyl sites for hydroxylation is 1. The lowest BCUT2D eigenvalue weighted by molar-refractivity contribution is 0.0221. The summed E-state index contributed by atoms with van der Waals surface area (Å²) >= 11 is 1.61. The molecule has 0 aromatic carbocycles. The van der Waals surface area contributed by atoms with E-state index in [-0.39, 0.29) is 5.91 Å². The average molecular weight is 321 g/mol. The van der Waals surface area contributed by atoms with Crippen LogP contribution < -0.4 is 0 Å². The number of aromatic nitrogens is 1. The molecule has 0 unspecified atom stereocenters. The molecule has 0 radical (unpaired) electrons. The van der Waals surface area contributed by atoms with Gasteiger partial charge in [0.05, 0.1) is 10.7 Å². The Labute approximate surface area is 138 Å².